The van der Waals surface area contributed by atoms with Crippen molar-refractivity contribution in [2.75, 3.05) is 26.2 Å². The van der Waals surface area contributed by atoms with Crippen molar-refractivity contribution in [1.82, 2.24) is 10.6 Å². The maximum absolute atomic E-state index is 12.2. The van der Waals surface area contributed by atoms with Crippen molar-refractivity contribution in [2.45, 2.75) is 25.4 Å². The Kier molecular flexibility index (Phi) is 4.70. The predicted octanol–water partition coefficient (Wildman–Crippen LogP) is 1.42. The van der Waals surface area contributed by atoms with Crippen LogP contribution in [0.2, 0.25) is 0 Å². The standard InChI is InChI=1S/C15H22N2O2S/c18-15(17-6-3-13-2-1-7-20-13)12-8-11-9-16-5-4-14(11)19-10-12/h1-2,7,11-12,14,16H,3-6,8-10H2,(H,17,18)/t11-,12-,14+/m1/s1. The molecule has 0 saturated carbocycles. The number of fused-ring (bicyclic) bond motifs is 1. The minimum Gasteiger partial charge on any atom is -0.377 e. The summed E-state index contributed by atoms with van der Waals surface area (Å²) in [5, 5.41) is 8.52. The van der Waals surface area contributed by atoms with Crippen LogP contribution in [0.15, 0.2) is 17.5 Å². The van der Waals surface area contributed by atoms with Crippen LogP contribution in [-0.4, -0.2) is 38.3 Å². The first-order valence-corrected chi connectivity index (χ1v) is 8.33. The van der Waals surface area contributed by atoms with E-state index in [1.165, 1.54) is 4.88 Å². The molecule has 20 heavy (non-hydrogen) atoms. The molecule has 3 heterocycles. The van der Waals surface area contributed by atoms with Gasteiger partial charge in [0.25, 0.3) is 0 Å². The summed E-state index contributed by atoms with van der Waals surface area (Å²) in [4.78, 5) is 13.5. The van der Waals surface area contributed by atoms with Crippen molar-refractivity contribution >= 4 is 17.2 Å². The number of nitrogens with one attached hydrogen (secondary N) is 2. The molecule has 2 aliphatic heterocycles. The van der Waals surface area contributed by atoms with E-state index in [4.69, 9.17) is 4.74 Å². The molecule has 0 aliphatic carbocycles. The second kappa shape index (κ2) is 6.70. The zero-order chi connectivity index (χ0) is 13.8. The number of ether oxygens (including phenoxy) is 1. The smallest absolute Gasteiger partial charge is 0.225 e. The third-order valence-corrected chi connectivity index (χ3v) is 5.19. The number of rotatable bonds is 4. The normalized spacial score (nSPS) is 29.7. The van der Waals surface area contributed by atoms with E-state index in [1.807, 2.05) is 6.07 Å². The maximum Gasteiger partial charge on any atom is 0.225 e. The molecule has 0 radical (unpaired) electrons. The van der Waals surface area contributed by atoms with Crippen molar-refractivity contribution in [2.24, 2.45) is 11.8 Å². The SMILES string of the molecule is O=C(NCCc1cccs1)[C@H]1CO[C@H]2CCNC[C@H]2C1. The Bertz CT molecular complexity index is 435. The lowest BCUT2D eigenvalue weighted by Gasteiger charge is -2.39. The Morgan fingerprint density at radius 1 is 1.55 bits per heavy atom. The number of amides is 1. The summed E-state index contributed by atoms with van der Waals surface area (Å²) in [5.74, 6) is 0.690. The summed E-state index contributed by atoms with van der Waals surface area (Å²) in [6.45, 7) is 3.34. The van der Waals surface area contributed by atoms with Gasteiger partial charge in [0.1, 0.15) is 0 Å². The highest BCUT2D eigenvalue weighted by Gasteiger charge is 2.35. The lowest BCUT2D eigenvalue weighted by Crippen LogP contribution is -2.49. The molecule has 0 aromatic carbocycles. The van der Waals surface area contributed by atoms with Gasteiger partial charge in [-0.3, -0.25) is 4.79 Å². The molecule has 0 spiro atoms. The molecule has 1 aromatic heterocycles. The molecule has 0 unspecified atom stereocenters. The van der Waals surface area contributed by atoms with Crippen LogP contribution in [0.1, 0.15) is 17.7 Å². The van der Waals surface area contributed by atoms with E-state index >= 15 is 0 Å². The van der Waals surface area contributed by atoms with Gasteiger partial charge in [0.05, 0.1) is 18.6 Å². The van der Waals surface area contributed by atoms with E-state index in [0.29, 0.717) is 18.6 Å². The van der Waals surface area contributed by atoms with Crippen LogP contribution in [0.25, 0.3) is 0 Å². The molecule has 5 heteroatoms. The highest BCUT2D eigenvalue weighted by Crippen LogP contribution is 2.28. The molecular formula is C15H22N2O2S. The van der Waals surface area contributed by atoms with Gasteiger partial charge in [-0.1, -0.05) is 6.07 Å². The van der Waals surface area contributed by atoms with Crippen LogP contribution in [0.3, 0.4) is 0 Å². The van der Waals surface area contributed by atoms with E-state index < -0.39 is 0 Å². The first kappa shape index (κ1) is 14.0. The Hall–Kier alpha value is -0.910. The molecule has 2 aliphatic rings. The monoisotopic (exact) mass is 294 g/mol. The molecule has 4 nitrogen and oxygen atoms in total. The van der Waals surface area contributed by atoms with Gasteiger partial charge in [0, 0.05) is 18.0 Å². The summed E-state index contributed by atoms with van der Waals surface area (Å²) >= 11 is 1.74. The van der Waals surface area contributed by atoms with Crippen molar-refractivity contribution in [3.05, 3.63) is 22.4 Å². The average Bonchev–Trinajstić information content (AvgIpc) is 3.00. The van der Waals surface area contributed by atoms with Gasteiger partial charge in [0.15, 0.2) is 0 Å². The number of carbonyl (C=O) groups is 1. The van der Waals surface area contributed by atoms with Gasteiger partial charge in [-0.2, -0.15) is 0 Å². The molecule has 2 fully saturated rings. The van der Waals surface area contributed by atoms with Crippen LogP contribution >= 0.6 is 11.3 Å². The third kappa shape index (κ3) is 3.40. The number of piperidine rings is 1. The minimum atomic E-state index is 0.0273. The van der Waals surface area contributed by atoms with E-state index in [9.17, 15) is 4.79 Å². The molecule has 3 rings (SSSR count). The van der Waals surface area contributed by atoms with Gasteiger partial charge in [-0.15, -0.1) is 11.3 Å². The van der Waals surface area contributed by atoms with Crippen molar-refractivity contribution < 1.29 is 9.53 Å². The van der Waals surface area contributed by atoms with E-state index in [2.05, 4.69) is 22.1 Å². The molecule has 0 bridgehead atoms. The van der Waals surface area contributed by atoms with E-state index in [0.717, 1.165) is 38.9 Å². The lowest BCUT2D eigenvalue weighted by atomic mass is 9.84. The van der Waals surface area contributed by atoms with Crippen molar-refractivity contribution in [1.29, 1.82) is 0 Å². The minimum absolute atomic E-state index is 0.0273. The van der Waals surface area contributed by atoms with Crippen LogP contribution in [0, 0.1) is 11.8 Å². The van der Waals surface area contributed by atoms with Gasteiger partial charge in [0.2, 0.25) is 5.91 Å². The fourth-order valence-electron chi connectivity index (χ4n) is 3.12. The molecular weight excluding hydrogens is 272 g/mol. The summed E-state index contributed by atoms with van der Waals surface area (Å²) in [5.41, 5.74) is 0. The topological polar surface area (TPSA) is 50.4 Å². The van der Waals surface area contributed by atoms with Crippen LogP contribution in [-0.2, 0) is 16.0 Å². The first-order valence-electron chi connectivity index (χ1n) is 7.45. The highest BCUT2D eigenvalue weighted by molar-refractivity contribution is 7.09. The summed E-state index contributed by atoms with van der Waals surface area (Å²) in [6.07, 6.45) is 3.33. The van der Waals surface area contributed by atoms with E-state index in [-0.39, 0.29) is 11.8 Å². The van der Waals surface area contributed by atoms with Gasteiger partial charge >= 0.3 is 0 Å². The molecule has 3 atom stereocenters. The second-order valence-corrected chi connectivity index (χ2v) is 6.71. The fourth-order valence-corrected chi connectivity index (χ4v) is 3.83. The largest absolute Gasteiger partial charge is 0.377 e. The maximum atomic E-state index is 12.2. The zero-order valence-corrected chi connectivity index (χ0v) is 12.5. The number of hydrogen-bond donors (Lipinski definition) is 2. The Balaban J connectivity index is 1.43. The molecule has 110 valence electrons. The zero-order valence-electron chi connectivity index (χ0n) is 11.6. The highest BCUT2D eigenvalue weighted by atomic mass is 32.1. The summed E-state index contributed by atoms with van der Waals surface area (Å²) < 4.78 is 5.87. The van der Waals surface area contributed by atoms with Crippen LogP contribution in [0.4, 0.5) is 0 Å². The lowest BCUT2D eigenvalue weighted by molar-refractivity contribution is -0.136. The molecule has 2 saturated heterocycles. The molecule has 1 aromatic rings. The first-order chi connectivity index (χ1) is 9.83. The quantitative estimate of drug-likeness (QED) is 0.883. The van der Waals surface area contributed by atoms with Crippen LogP contribution in [0.5, 0.6) is 0 Å². The van der Waals surface area contributed by atoms with Gasteiger partial charge in [-0.05, 0) is 43.2 Å². The third-order valence-electron chi connectivity index (χ3n) is 4.26. The average molecular weight is 294 g/mol. The van der Waals surface area contributed by atoms with Crippen LogP contribution < -0.4 is 10.6 Å². The van der Waals surface area contributed by atoms with Gasteiger partial charge in [-0.25, -0.2) is 0 Å². The molecule has 2 N–H and O–H groups in total. The summed E-state index contributed by atoms with van der Waals surface area (Å²) in [6, 6.07) is 4.16. The van der Waals surface area contributed by atoms with Crippen molar-refractivity contribution in [3.63, 3.8) is 0 Å². The summed E-state index contributed by atoms with van der Waals surface area (Å²) in [7, 11) is 0. The van der Waals surface area contributed by atoms with E-state index in [1.54, 1.807) is 11.3 Å². The number of carbonyl (C=O) groups excluding carboxylic acids is 1. The second-order valence-electron chi connectivity index (χ2n) is 5.68. The Labute approximate surface area is 123 Å². The van der Waals surface area contributed by atoms with Crippen molar-refractivity contribution in [3.8, 4) is 0 Å². The number of hydrogen-bond acceptors (Lipinski definition) is 4. The predicted molar refractivity (Wildman–Crippen MR) is 79.9 cm³/mol. The fraction of sp³-hybridized carbons (Fsp3) is 0.667. The molecule has 1 amide bonds. The Morgan fingerprint density at radius 2 is 2.50 bits per heavy atom. The Morgan fingerprint density at radius 3 is 3.35 bits per heavy atom. The number of thiophene rings is 1. The van der Waals surface area contributed by atoms with Gasteiger partial charge < -0.3 is 15.4 Å².